The van der Waals surface area contributed by atoms with Gasteiger partial charge in [-0.25, -0.2) is 0 Å². The van der Waals surface area contributed by atoms with E-state index in [1.807, 2.05) is 0 Å². The Hall–Kier alpha value is -0.570. The van der Waals surface area contributed by atoms with Gasteiger partial charge in [0, 0.05) is 6.42 Å². The molecule has 0 bridgehead atoms. The summed E-state index contributed by atoms with van der Waals surface area (Å²) >= 11 is 0. The number of hydrogen-bond donors (Lipinski definition) is 1. The molecule has 0 amide bonds. The van der Waals surface area contributed by atoms with Crippen LogP contribution in [0.4, 0.5) is 0 Å². The normalized spacial score (nSPS) is 10.2. The van der Waals surface area contributed by atoms with Crippen LogP contribution >= 0.6 is 0 Å². The molecule has 0 fully saturated rings. The van der Waals surface area contributed by atoms with E-state index in [0.29, 0.717) is 6.42 Å². The average molecular weight is 287 g/mol. The maximum atomic E-state index is 10.0. The molecule has 1 N–H and O–H groups in total. The van der Waals surface area contributed by atoms with Gasteiger partial charge in [0.05, 0.1) is 0 Å². The second-order valence-electron chi connectivity index (χ2n) is 5.40. The number of aliphatic carboxylic acids is 1. The Bertz CT molecular complexity index is 181. The van der Waals surface area contributed by atoms with Crippen molar-refractivity contribution in [3.63, 3.8) is 0 Å². The second-order valence-corrected chi connectivity index (χ2v) is 5.40. The summed E-state index contributed by atoms with van der Waals surface area (Å²) in [5.41, 5.74) is 0. The number of nitrogens with zero attached hydrogens (tertiary/aromatic N) is 1. The topological polar surface area (TPSA) is 40.5 Å². The first-order valence-corrected chi connectivity index (χ1v) is 8.56. The van der Waals surface area contributed by atoms with Gasteiger partial charge in [-0.1, -0.05) is 53.4 Å². The molecule has 0 aliphatic rings. The predicted octanol–water partition coefficient (Wildman–Crippen LogP) is 4.95. The van der Waals surface area contributed by atoms with E-state index < -0.39 is 5.97 Å². The number of carbonyl (C=O) groups is 1. The first kappa shape index (κ1) is 21.7. The summed E-state index contributed by atoms with van der Waals surface area (Å²) in [5, 5.41) is 8.27. The van der Waals surface area contributed by atoms with Gasteiger partial charge in [0.2, 0.25) is 0 Å². The third-order valence-electron chi connectivity index (χ3n) is 3.11. The van der Waals surface area contributed by atoms with Crippen LogP contribution in [0.5, 0.6) is 0 Å². The molecule has 0 aliphatic carbocycles. The van der Waals surface area contributed by atoms with Gasteiger partial charge in [-0.05, 0) is 45.3 Å². The minimum Gasteiger partial charge on any atom is -0.481 e. The van der Waals surface area contributed by atoms with Crippen molar-refractivity contribution in [1.29, 1.82) is 0 Å². The van der Waals surface area contributed by atoms with Crippen LogP contribution in [0.15, 0.2) is 0 Å². The Morgan fingerprint density at radius 2 is 1.20 bits per heavy atom. The molecule has 20 heavy (non-hydrogen) atoms. The fourth-order valence-electron chi connectivity index (χ4n) is 2.16. The Balaban J connectivity index is 0. The molecule has 0 aromatic rings. The smallest absolute Gasteiger partial charge is 0.303 e. The SMILES string of the molecule is CCCCCCCC(=O)O.CCCN(CCC)CCC. The number of hydrogen-bond acceptors (Lipinski definition) is 2. The standard InChI is InChI=1S/C9H21N.C8H16O2/c1-4-7-10(8-5-2)9-6-3;1-2-3-4-5-6-7-8(9)10/h4-9H2,1-3H3;2-7H2,1H3,(H,9,10). The van der Waals surface area contributed by atoms with Crippen LogP contribution in [0, 0.1) is 0 Å². The number of unbranched alkanes of at least 4 members (excludes halogenated alkanes) is 4. The molecule has 3 heteroatoms. The summed E-state index contributed by atoms with van der Waals surface area (Å²) in [5.74, 6) is -0.670. The van der Waals surface area contributed by atoms with E-state index in [1.54, 1.807) is 0 Å². The molecule has 3 nitrogen and oxygen atoms in total. The van der Waals surface area contributed by atoms with E-state index in [2.05, 4.69) is 32.6 Å². The van der Waals surface area contributed by atoms with Crippen LogP contribution in [0.2, 0.25) is 0 Å². The Kier molecular flexibility index (Phi) is 20.0. The van der Waals surface area contributed by atoms with E-state index in [4.69, 9.17) is 5.11 Å². The van der Waals surface area contributed by atoms with Crippen LogP contribution in [-0.4, -0.2) is 35.6 Å². The first-order chi connectivity index (χ1) is 9.62. The lowest BCUT2D eigenvalue weighted by molar-refractivity contribution is -0.137. The zero-order chi connectivity index (χ0) is 15.6. The number of rotatable bonds is 12. The van der Waals surface area contributed by atoms with Crippen LogP contribution in [0.1, 0.15) is 85.5 Å². The van der Waals surface area contributed by atoms with E-state index >= 15 is 0 Å². The van der Waals surface area contributed by atoms with Crippen molar-refractivity contribution in [3.8, 4) is 0 Å². The van der Waals surface area contributed by atoms with E-state index in [-0.39, 0.29) is 0 Å². The van der Waals surface area contributed by atoms with Gasteiger partial charge < -0.3 is 10.0 Å². The minimum absolute atomic E-state index is 0.337. The highest BCUT2D eigenvalue weighted by atomic mass is 16.4. The van der Waals surface area contributed by atoms with Gasteiger partial charge in [0.25, 0.3) is 0 Å². The minimum atomic E-state index is -0.670. The van der Waals surface area contributed by atoms with Gasteiger partial charge in [-0.2, -0.15) is 0 Å². The molecule has 122 valence electrons. The molecule has 0 atom stereocenters. The lowest BCUT2D eigenvalue weighted by Gasteiger charge is -2.19. The molecule has 0 spiro atoms. The van der Waals surface area contributed by atoms with Gasteiger partial charge in [0.15, 0.2) is 0 Å². The lowest BCUT2D eigenvalue weighted by Crippen LogP contribution is -2.25. The number of carboxylic acid groups (broad SMARTS) is 1. The molecule has 0 rings (SSSR count). The summed E-state index contributed by atoms with van der Waals surface area (Å²) in [4.78, 5) is 12.6. The van der Waals surface area contributed by atoms with Crippen molar-refractivity contribution >= 4 is 5.97 Å². The van der Waals surface area contributed by atoms with Crippen molar-refractivity contribution in [1.82, 2.24) is 4.90 Å². The summed E-state index contributed by atoms with van der Waals surface area (Å²) in [6.07, 6.45) is 9.76. The number of carboxylic acids is 1. The second kappa shape index (κ2) is 18.4. The van der Waals surface area contributed by atoms with Gasteiger partial charge >= 0.3 is 5.97 Å². The summed E-state index contributed by atoms with van der Waals surface area (Å²) in [6.45, 7) is 12.7. The molecule has 0 unspecified atom stereocenters. The van der Waals surface area contributed by atoms with Crippen LogP contribution in [0.25, 0.3) is 0 Å². The van der Waals surface area contributed by atoms with E-state index in [1.165, 1.54) is 58.2 Å². The predicted molar refractivity (Wildman–Crippen MR) is 88.3 cm³/mol. The van der Waals surface area contributed by atoms with Crippen LogP contribution in [0.3, 0.4) is 0 Å². The molecular weight excluding hydrogens is 250 g/mol. The zero-order valence-electron chi connectivity index (χ0n) is 14.3. The highest BCUT2D eigenvalue weighted by Gasteiger charge is 1.98. The fraction of sp³-hybridized carbons (Fsp3) is 0.941. The molecule has 0 radical (unpaired) electrons. The summed E-state index contributed by atoms with van der Waals surface area (Å²) in [6, 6.07) is 0. The van der Waals surface area contributed by atoms with Crippen LogP contribution < -0.4 is 0 Å². The van der Waals surface area contributed by atoms with Crippen molar-refractivity contribution in [2.75, 3.05) is 19.6 Å². The first-order valence-electron chi connectivity index (χ1n) is 8.56. The molecular formula is C17H37NO2. The van der Waals surface area contributed by atoms with Gasteiger partial charge in [-0.3, -0.25) is 4.79 Å². The molecule has 0 aromatic heterocycles. The van der Waals surface area contributed by atoms with Crippen molar-refractivity contribution in [2.45, 2.75) is 85.5 Å². The third kappa shape index (κ3) is 19.8. The van der Waals surface area contributed by atoms with Gasteiger partial charge in [-0.15, -0.1) is 0 Å². The Morgan fingerprint density at radius 3 is 1.55 bits per heavy atom. The largest absolute Gasteiger partial charge is 0.481 e. The summed E-state index contributed by atoms with van der Waals surface area (Å²) < 4.78 is 0. The highest BCUT2D eigenvalue weighted by Crippen LogP contribution is 2.04. The van der Waals surface area contributed by atoms with Crippen LogP contribution in [-0.2, 0) is 4.79 Å². The van der Waals surface area contributed by atoms with Crippen molar-refractivity contribution in [3.05, 3.63) is 0 Å². The Labute approximate surface area is 126 Å². The quantitative estimate of drug-likeness (QED) is 0.516. The van der Waals surface area contributed by atoms with E-state index in [9.17, 15) is 4.79 Å². The lowest BCUT2D eigenvalue weighted by atomic mass is 10.1. The van der Waals surface area contributed by atoms with Crippen molar-refractivity contribution < 1.29 is 9.90 Å². The maximum Gasteiger partial charge on any atom is 0.303 e. The molecule has 0 saturated heterocycles. The molecule has 0 heterocycles. The highest BCUT2D eigenvalue weighted by molar-refractivity contribution is 5.66. The Morgan fingerprint density at radius 1 is 0.750 bits per heavy atom. The third-order valence-corrected chi connectivity index (χ3v) is 3.11. The average Bonchev–Trinajstić information content (AvgIpc) is 2.40. The van der Waals surface area contributed by atoms with E-state index in [0.717, 1.165) is 12.8 Å². The van der Waals surface area contributed by atoms with Gasteiger partial charge in [0.1, 0.15) is 0 Å². The maximum absolute atomic E-state index is 10.0. The zero-order valence-corrected chi connectivity index (χ0v) is 14.3. The molecule has 0 aliphatic heterocycles. The fourth-order valence-corrected chi connectivity index (χ4v) is 2.16. The summed E-state index contributed by atoms with van der Waals surface area (Å²) in [7, 11) is 0. The monoisotopic (exact) mass is 287 g/mol. The molecule has 0 saturated carbocycles. The van der Waals surface area contributed by atoms with Crippen molar-refractivity contribution in [2.24, 2.45) is 0 Å². The molecule has 0 aromatic carbocycles.